The molecule has 0 bridgehead atoms. The Bertz CT molecular complexity index is 966. The Labute approximate surface area is 164 Å². The van der Waals surface area contributed by atoms with E-state index in [0.717, 1.165) is 4.90 Å². The van der Waals surface area contributed by atoms with Crippen LogP contribution in [0.3, 0.4) is 0 Å². The first-order valence-electron chi connectivity index (χ1n) is 7.93. The summed E-state index contributed by atoms with van der Waals surface area (Å²) in [6, 6.07) is 16.8. The van der Waals surface area contributed by atoms with Gasteiger partial charge in [-0.2, -0.15) is 0 Å². The van der Waals surface area contributed by atoms with Crippen LogP contribution in [-0.4, -0.2) is 15.8 Å². The number of nitrogens with one attached hydrogen (secondary N) is 1. The molecule has 1 amide bonds. The predicted molar refractivity (Wildman–Crippen MR) is 104 cm³/mol. The summed E-state index contributed by atoms with van der Waals surface area (Å²) in [4.78, 5) is 28.7. The molecule has 6 nitrogen and oxygen atoms in total. The van der Waals surface area contributed by atoms with Gasteiger partial charge in [0.05, 0.1) is 22.1 Å². The van der Waals surface area contributed by atoms with Crippen molar-refractivity contribution in [2.45, 2.75) is 16.3 Å². The number of nitro groups is 1. The maximum absolute atomic E-state index is 12.3. The molecular weight excluding hydrogens is 386 g/mol. The smallest absolute Gasteiger partial charge is 0.284 e. The molecule has 0 saturated carbocycles. The average Bonchev–Trinajstić information content (AvgIpc) is 2.69. The van der Waals surface area contributed by atoms with Crippen LogP contribution in [0, 0.1) is 10.1 Å². The highest BCUT2D eigenvalue weighted by Gasteiger charge is 2.18. The number of carbonyl (C=O) groups excluding carboxylic acids is 1. The molecule has 0 atom stereocenters. The largest absolute Gasteiger partial charge is 0.346 e. The van der Waals surface area contributed by atoms with E-state index in [0.29, 0.717) is 15.6 Å². The second kappa shape index (κ2) is 8.66. The van der Waals surface area contributed by atoms with Crippen LogP contribution in [0.15, 0.2) is 76.7 Å². The third-order valence-electron chi connectivity index (χ3n) is 3.62. The van der Waals surface area contributed by atoms with Gasteiger partial charge in [-0.1, -0.05) is 29.4 Å². The van der Waals surface area contributed by atoms with Crippen molar-refractivity contribution in [2.24, 2.45) is 0 Å². The topological polar surface area (TPSA) is 85.1 Å². The van der Waals surface area contributed by atoms with Crippen LogP contribution in [0.1, 0.15) is 16.1 Å². The van der Waals surface area contributed by atoms with Crippen LogP contribution >= 0.6 is 23.4 Å². The molecule has 0 fully saturated rings. The number of amides is 1. The van der Waals surface area contributed by atoms with Crippen LogP contribution in [0.5, 0.6) is 0 Å². The van der Waals surface area contributed by atoms with Gasteiger partial charge in [0, 0.05) is 27.7 Å². The van der Waals surface area contributed by atoms with E-state index >= 15 is 0 Å². The molecule has 0 saturated heterocycles. The summed E-state index contributed by atoms with van der Waals surface area (Å²) in [5.41, 5.74) is 0.800. The molecule has 0 aliphatic carbocycles. The number of hydrogen-bond donors (Lipinski definition) is 1. The Morgan fingerprint density at radius 3 is 2.59 bits per heavy atom. The molecule has 1 heterocycles. The number of nitro benzene ring substituents is 1. The van der Waals surface area contributed by atoms with Crippen molar-refractivity contribution < 1.29 is 9.72 Å². The number of hydrogen-bond acceptors (Lipinski definition) is 5. The number of benzene rings is 2. The minimum Gasteiger partial charge on any atom is -0.346 e. The van der Waals surface area contributed by atoms with Crippen LogP contribution < -0.4 is 5.32 Å². The number of halogens is 1. The van der Waals surface area contributed by atoms with Crippen LogP contribution in [0.25, 0.3) is 0 Å². The lowest BCUT2D eigenvalue weighted by Crippen LogP contribution is -2.23. The lowest BCUT2D eigenvalue weighted by Gasteiger charge is -2.07. The highest BCUT2D eigenvalue weighted by Crippen LogP contribution is 2.35. The molecule has 0 unspecified atom stereocenters. The average molecular weight is 400 g/mol. The third-order valence-corrected chi connectivity index (χ3v) is 4.94. The summed E-state index contributed by atoms with van der Waals surface area (Å²) in [6.07, 6.45) is 1.63. The molecule has 27 heavy (non-hydrogen) atoms. The second-order valence-electron chi connectivity index (χ2n) is 5.50. The van der Waals surface area contributed by atoms with Crippen molar-refractivity contribution in [2.75, 3.05) is 0 Å². The highest BCUT2D eigenvalue weighted by atomic mass is 35.5. The molecular formula is C19H14ClN3O3S. The van der Waals surface area contributed by atoms with Crippen LogP contribution in [0.4, 0.5) is 5.69 Å². The summed E-state index contributed by atoms with van der Waals surface area (Å²) < 4.78 is 0. The van der Waals surface area contributed by atoms with E-state index in [-0.39, 0.29) is 17.8 Å². The molecule has 136 valence electrons. The van der Waals surface area contributed by atoms with Gasteiger partial charge in [-0.05, 0) is 48.5 Å². The molecule has 3 rings (SSSR count). The zero-order chi connectivity index (χ0) is 19.2. The van der Waals surface area contributed by atoms with Gasteiger partial charge in [-0.3, -0.25) is 19.9 Å². The SMILES string of the molecule is O=C(NCc1ccccn1)c1ccc(Sc2ccc(Cl)cc2)c([N+](=O)[O-])c1. The van der Waals surface area contributed by atoms with Gasteiger partial charge in [0.25, 0.3) is 11.6 Å². The van der Waals surface area contributed by atoms with Gasteiger partial charge in [0.15, 0.2) is 0 Å². The fourth-order valence-corrected chi connectivity index (χ4v) is 3.32. The Hall–Kier alpha value is -2.90. The summed E-state index contributed by atoms with van der Waals surface area (Å²) >= 11 is 7.10. The quantitative estimate of drug-likeness (QED) is 0.478. The van der Waals surface area contributed by atoms with Crippen molar-refractivity contribution in [1.29, 1.82) is 0 Å². The first-order chi connectivity index (χ1) is 13.0. The van der Waals surface area contributed by atoms with E-state index in [9.17, 15) is 14.9 Å². The number of rotatable bonds is 6. The van der Waals surface area contributed by atoms with Crippen LogP contribution in [0.2, 0.25) is 5.02 Å². The van der Waals surface area contributed by atoms with E-state index in [1.807, 2.05) is 6.07 Å². The Kier molecular flexibility index (Phi) is 6.05. The van der Waals surface area contributed by atoms with E-state index in [1.54, 1.807) is 54.7 Å². The molecule has 0 aliphatic rings. The minimum atomic E-state index is -0.492. The van der Waals surface area contributed by atoms with Crippen molar-refractivity contribution >= 4 is 35.0 Å². The Morgan fingerprint density at radius 2 is 1.93 bits per heavy atom. The van der Waals surface area contributed by atoms with Gasteiger partial charge < -0.3 is 5.32 Å². The Balaban J connectivity index is 1.77. The molecule has 0 radical (unpaired) electrons. The molecule has 1 N–H and O–H groups in total. The van der Waals surface area contributed by atoms with E-state index < -0.39 is 10.8 Å². The van der Waals surface area contributed by atoms with E-state index in [2.05, 4.69) is 10.3 Å². The highest BCUT2D eigenvalue weighted by molar-refractivity contribution is 7.99. The van der Waals surface area contributed by atoms with Gasteiger partial charge in [0.2, 0.25) is 0 Å². The molecule has 2 aromatic carbocycles. The van der Waals surface area contributed by atoms with Gasteiger partial charge in [-0.15, -0.1) is 0 Å². The molecule has 8 heteroatoms. The van der Waals surface area contributed by atoms with E-state index in [1.165, 1.54) is 17.8 Å². The standard InChI is InChI=1S/C19H14ClN3O3S/c20-14-5-7-16(8-6-14)27-18-9-4-13(11-17(18)23(25)26)19(24)22-12-15-3-1-2-10-21-15/h1-11H,12H2,(H,22,24). The van der Waals surface area contributed by atoms with Crippen molar-refractivity contribution in [1.82, 2.24) is 10.3 Å². The Morgan fingerprint density at radius 1 is 1.15 bits per heavy atom. The third kappa shape index (κ3) is 5.06. The van der Waals surface area contributed by atoms with Crippen LogP contribution in [-0.2, 0) is 6.54 Å². The molecule has 0 spiro atoms. The predicted octanol–water partition coefficient (Wildman–Crippen LogP) is 4.72. The summed E-state index contributed by atoms with van der Waals surface area (Å²) in [5, 5.41) is 14.8. The first kappa shape index (κ1) is 18.9. The number of aromatic nitrogens is 1. The minimum absolute atomic E-state index is 0.125. The summed E-state index contributed by atoms with van der Waals surface area (Å²) in [6.45, 7) is 0.245. The summed E-state index contributed by atoms with van der Waals surface area (Å²) in [7, 11) is 0. The fourth-order valence-electron chi connectivity index (χ4n) is 2.29. The van der Waals surface area contributed by atoms with E-state index in [4.69, 9.17) is 11.6 Å². The van der Waals surface area contributed by atoms with Gasteiger partial charge >= 0.3 is 0 Å². The first-order valence-corrected chi connectivity index (χ1v) is 9.12. The lowest BCUT2D eigenvalue weighted by atomic mass is 10.2. The van der Waals surface area contributed by atoms with Gasteiger partial charge in [-0.25, -0.2) is 0 Å². The fraction of sp³-hybridized carbons (Fsp3) is 0.0526. The maximum Gasteiger partial charge on any atom is 0.284 e. The number of nitrogens with zero attached hydrogens (tertiary/aromatic N) is 2. The monoisotopic (exact) mass is 399 g/mol. The zero-order valence-corrected chi connectivity index (χ0v) is 15.5. The lowest BCUT2D eigenvalue weighted by molar-refractivity contribution is -0.387. The van der Waals surface area contributed by atoms with Crippen molar-refractivity contribution in [3.63, 3.8) is 0 Å². The molecule has 1 aromatic heterocycles. The zero-order valence-electron chi connectivity index (χ0n) is 14.0. The number of pyridine rings is 1. The second-order valence-corrected chi connectivity index (χ2v) is 7.05. The maximum atomic E-state index is 12.3. The summed E-state index contributed by atoms with van der Waals surface area (Å²) in [5.74, 6) is -0.396. The molecule has 0 aliphatic heterocycles. The van der Waals surface area contributed by atoms with Crippen molar-refractivity contribution in [3.8, 4) is 0 Å². The van der Waals surface area contributed by atoms with Crippen molar-refractivity contribution in [3.05, 3.63) is 93.3 Å². The van der Waals surface area contributed by atoms with Gasteiger partial charge in [0.1, 0.15) is 0 Å². The number of carbonyl (C=O) groups is 1. The normalized spacial score (nSPS) is 10.4. The molecule has 3 aromatic rings.